The number of benzene rings is 3. The van der Waals surface area contributed by atoms with Gasteiger partial charge < -0.3 is 10.1 Å². The van der Waals surface area contributed by atoms with E-state index >= 15 is 0 Å². The number of amides is 1. The van der Waals surface area contributed by atoms with E-state index in [0.717, 1.165) is 29.5 Å². The van der Waals surface area contributed by atoms with Gasteiger partial charge >= 0.3 is 5.97 Å². The average Bonchev–Trinajstić information content (AvgIpc) is 2.75. The third kappa shape index (κ3) is 6.04. The minimum absolute atomic E-state index is 0.101. The Kier molecular flexibility index (Phi) is 7.17. The predicted octanol–water partition coefficient (Wildman–Crippen LogP) is 5.49. The zero-order valence-corrected chi connectivity index (χ0v) is 16.6. The largest absolute Gasteiger partial charge is 0.462 e. The lowest BCUT2D eigenvalue weighted by molar-refractivity contribution is -0.115. The Morgan fingerprint density at radius 2 is 1.48 bits per heavy atom. The van der Waals surface area contributed by atoms with Crippen molar-refractivity contribution in [3.05, 3.63) is 90.0 Å². The van der Waals surface area contributed by atoms with Crippen molar-refractivity contribution in [2.75, 3.05) is 11.9 Å². The SMILES string of the molecule is CCCCOC(=O)c1ccc(NC(=O)Cc2ccc(-c3ccccc3)cc2)cc1. The van der Waals surface area contributed by atoms with Crippen molar-refractivity contribution in [2.45, 2.75) is 26.2 Å². The van der Waals surface area contributed by atoms with Gasteiger partial charge in [0.05, 0.1) is 18.6 Å². The van der Waals surface area contributed by atoms with E-state index in [0.29, 0.717) is 17.9 Å². The van der Waals surface area contributed by atoms with E-state index in [9.17, 15) is 9.59 Å². The van der Waals surface area contributed by atoms with Crippen molar-refractivity contribution in [1.82, 2.24) is 0 Å². The summed E-state index contributed by atoms with van der Waals surface area (Å²) in [6.07, 6.45) is 2.12. The number of rotatable bonds is 8. The molecular formula is C25H25NO3. The van der Waals surface area contributed by atoms with Crippen LogP contribution in [0.5, 0.6) is 0 Å². The number of unbranched alkanes of at least 4 members (excludes halogenated alkanes) is 1. The lowest BCUT2D eigenvalue weighted by atomic mass is 10.0. The van der Waals surface area contributed by atoms with Crippen molar-refractivity contribution >= 4 is 17.6 Å². The average molecular weight is 387 g/mol. The molecule has 148 valence electrons. The maximum Gasteiger partial charge on any atom is 0.338 e. The molecule has 0 aliphatic heterocycles. The highest BCUT2D eigenvalue weighted by molar-refractivity contribution is 5.94. The minimum atomic E-state index is -0.338. The molecule has 0 aromatic heterocycles. The summed E-state index contributed by atoms with van der Waals surface area (Å²) in [5, 5.41) is 2.86. The van der Waals surface area contributed by atoms with Gasteiger partial charge in [0.2, 0.25) is 5.91 Å². The van der Waals surface area contributed by atoms with Crippen LogP contribution in [0.2, 0.25) is 0 Å². The van der Waals surface area contributed by atoms with Gasteiger partial charge in [-0.2, -0.15) is 0 Å². The van der Waals surface area contributed by atoms with Crippen molar-refractivity contribution in [3.63, 3.8) is 0 Å². The van der Waals surface area contributed by atoms with Gasteiger partial charge in [-0.25, -0.2) is 4.79 Å². The lowest BCUT2D eigenvalue weighted by Crippen LogP contribution is -2.14. The zero-order chi connectivity index (χ0) is 20.5. The van der Waals surface area contributed by atoms with Gasteiger partial charge in [0.25, 0.3) is 0 Å². The first kappa shape index (κ1) is 20.3. The fourth-order valence-corrected chi connectivity index (χ4v) is 2.92. The minimum Gasteiger partial charge on any atom is -0.462 e. The molecule has 0 radical (unpaired) electrons. The summed E-state index contributed by atoms with van der Waals surface area (Å²) in [4.78, 5) is 24.2. The predicted molar refractivity (Wildman–Crippen MR) is 116 cm³/mol. The van der Waals surface area contributed by atoms with E-state index in [-0.39, 0.29) is 18.3 Å². The number of hydrogen-bond acceptors (Lipinski definition) is 3. The Hall–Kier alpha value is -3.40. The van der Waals surface area contributed by atoms with Gasteiger partial charge in [0, 0.05) is 5.69 Å². The first-order valence-electron chi connectivity index (χ1n) is 9.87. The third-order valence-electron chi connectivity index (χ3n) is 4.56. The lowest BCUT2D eigenvalue weighted by Gasteiger charge is -2.08. The van der Waals surface area contributed by atoms with Crippen molar-refractivity contribution in [1.29, 1.82) is 0 Å². The Balaban J connectivity index is 1.53. The first-order chi connectivity index (χ1) is 14.2. The number of carbonyl (C=O) groups excluding carboxylic acids is 2. The quantitative estimate of drug-likeness (QED) is 0.411. The number of carbonyl (C=O) groups is 2. The van der Waals surface area contributed by atoms with Crippen LogP contribution in [0.25, 0.3) is 11.1 Å². The summed E-state index contributed by atoms with van der Waals surface area (Å²) in [5.41, 5.74) is 4.35. The Labute approximate surface area is 171 Å². The first-order valence-corrected chi connectivity index (χ1v) is 9.87. The Bertz CT molecular complexity index is 932. The second-order valence-corrected chi connectivity index (χ2v) is 6.85. The maximum absolute atomic E-state index is 12.3. The molecule has 29 heavy (non-hydrogen) atoms. The smallest absolute Gasteiger partial charge is 0.338 e. The molecule has 1 amide bonds. The normalized spacial score (nSPS) is 10.4. The molecule has 3 aromatic rings. The van der Waals surface area contributed by atoms with Crippen LogP contribution in [0.15, 0.2) is 78.9 Å². The van der Waals surface area contributed by atoms with Crippen molar-refractivity contribution in [2.24, 2.45) is 0 Å². The van der Waals surface area contributed by atoms with E-state index in [1.54, 1.807) is 24.3 Å². The highest BCUT2D eigenvalue weighted by Crippen LogP contribution is 2.19. The molecule has 0 fully saturated rings. The maximum atomic E-state index is 12.3. The molecule has 3 aromatic carbocycles. The van der Waals surface area contributed by atoms with Gasteiger partial charge in [-0.05, 0) is 47.4 Å². The van der Waals surface area contributed by atoms with Crippen LogP contribution in [0.4, 0.5) is 5.69 Å². The van der Waals surface area contributed by atoms with Gasteiger partial charge in [-0.15, -0.1) is 0 Å². The highest BCUT2D eigenvalue weighted by Gasteiger charge is 2.08. The molecule has 0 unspecified atom stereocenters. The molecule has 0 aliphatic rings. The summed E-state index contributed by atoms with van der Waals surface area (Å²) in [6.45, 7) is 2.47. The Morgan fingerprint density at radius 1 is 0.828 bits per heavy atom. The number of esters is 1. The molecule has 3 rings (SSSR count). The number of ether oxygens (including phenoxy) is 1. The molecule has 0 atom stereocenters. The molecule has 0 saturated heterocycles. The number of hydrogen-bond donors (Lipinski definition) is 1. The van der Waals surface area contributed by atoms with Crippen LogP contribution in [0.1, 0.15) is 35.7 Å². The van der Waals surface area contributed by atoms with E-state index in [2.05, 4.69) is 17.4 Å². The molecule has 4 heteroatoms. The Morgan fingerprint density at radius 3 is 2.14 bits per heavy atom. The summed E-state index contributed by atoms with van der Waals surface area (Å²) in [6, 6.07) is 24.9. The van der Waals surface area contributed by atoms with Crippen LogP contribution < -0.4 is 5.32 Å². The van der Waals surface area contributed by atoms with Gasteiger partial charge in [0.15, 0.2) is 0 Å². The third-order valence-corrected chi connectivity index (χ3v) is 4.56. The van der Waals surface area contributed by atoms with E-state index in [4.69, 9.17) is 4.74 Å². The monoisotopic (exact) mass is 387 g/mol. The van der Waals surface area contributed by atoms with Crippen molar-refractivity contribution < 1.29 is 14.3 Å². The zero-order valence-electron chi connectivity index (χ0n) is 16.6. The molecule has 0 saturated carbocycles. The summed E-state index contributed by atoms with van der Waals surface area (Å²) in [7, 11) is 0. The number of nitrogens with one attached hydrogen (secondary N) is 1. The summed E-state index contributed by atoms with van der Waals surface area (Å²) >= 11 is 0. The molecule has 4 nitrogen and oxygen atoms in total. The van der Waals surface area contributed by atoms with Crippen LogP contribution in [-0.2, 0) is 16.0 Å². The van der Waals surface area contributed by atoms with E-state index < -0.39 is 0 Å². The van der Waals surface area contributed by atoms with Gasteiger partial charge in [0.1, 0.15) is 0 Å². The van der Waals surface area contributed by atoms with Crippen LogP contribution in [0.3, 0.4) is 0 Å². The fraction of sp³-hybridized carbons (Fsp3) is 0.200. The highest BCUT2D eigenvalue weighted by atomic mass is 16.5. The molecule has 0 bridgehead atoms. The fourth-order valence-electron chi connectivity index (χ4n) is 2.92. The van der Waals surface area contributed by atoms with Crippen molar-refractivity contribution in [3.8, 4) is 11.1 Å². The second kappa shape index (κ2) is 10.2. The topological polar surface area (TPSA) is 55.4 Å². The number of anilines is 1. The molecular weight excluding hydrogens is 362 g/mol. The molecule has 1 N–H and O–H groups in total. The summed E-state index contributed by atoms with van der Waals surface area (Å²) < 4.78 is 5.18. The molecule has 0 spiro atoms. The summed E-state index contributed by atoms with van der Waals surface area (Å²) in [5.74, 6) is -0.439. The van der Waals surface area contributed by atoms with E-state index in [1.165, 1.54) is 0 Å². The second-order valence-electron chi connectivity index (χ2n) is 6.85. The standard InChI is InChI=1S/C25H25NO3/c1-2-3-17-29-25(28)22-13-15-23(16-14-22)26-24(27)18-19-9-11-21(12-10-19)20-7-5-4-6-8-20/h4-16H,2-3,17-18H2,1H3,(H,26,27). The molecule has 0 heterocycles. The van der Waals surface area contributed by atoms with E-state index in [1.807, 2.05) is 49.4 Å². The van der Waals surface area contributed by atoms with Gasteiger partial charge in [-0.1, -0.05) is 67.9 Å². The van der Waals surface area contributed by atoms with Crippen LogP contribution in [0, 0.1) is 0 Å². The molecule has 0 aliphatic carbocycles. The van der Waals surface area contributed by atoms with Crippen LogP contribution >= 0.6 is 0 Å². The van der Waals surface area contributed by atoms with Crippen LogP contribution in [-0.4, -0.2) is 18.5 Å². The van der Waals surface area contributed by atoms with Gasteiger partial charge in [-0.3, -0.25) is 4.79 Å².